The van der Waals surface area contributed by atoms with Gasteiger partial charge >= 0.3 is 0 Å². The van der Waals surface area contributed by atoms with Crippen molar-refractivity contribution < 1.29 is 19.1 Å². The Labute approximate surface area is 146 Å². The van der Waals surface area contributed by atoms with Crippen LogP contribution in [-0.2, 0) is 4.79 Å². The molecule has 2 amide bonds. The largest absolute Gasteiger partial charge is 0.493 e. The molecule has 1 aromatic carbocycles. The molecule has 1 saturated carbocycles. The van der Waals surface area contributed by atoms with Crippen LogP contribution in [0.15, 0.2) is 12.1 Å². The van der Waals surface area contributed by atoms with Crippen molar-refractivity contribution in [3.8, 4) is 11.5 Å². The number of methoxy groups -OCH3 is 1. The third kappa shape index (κ3) is 5.03. The van der Waals surface area contributed by atoms with E-state index in [1.807, 2.05) is 6.92 Å². The van der Waals surface area contributed by atoms with Gasteiger partial charge in [-0.25, -0.2) is 0 Å². The zero-order valence-electron chi connectivity index (χ0n) is 14.0. The number of nitrogens with one attached hydrogen (secondary N) is 2. The SMILES string of the molecule is CCCOc1c(Cl)cc(C(=O)NCCNC(=O)C2CC2)cc1OC. The predicted octanol–water partition coefficient (Wildman–Crippen LogP) is 2.39. The summed E-state index contributed by atoms with van der Waals surface area (Å²) in [6, 6.07) is 3.14. The molecular formula is C17H23ClN2O4. The topological polar surface area (TPSA) is 76.7 Å². The van der Waals surface area contributed by atoms with Gasteiger partial charge in [-0.15, -0.1) is 0 Å². The minimum atomic E-state index is -0.280. The lowest BCUT2D eigenvalue weighted by Crippen LogP contribution is -2.35. The number of carbonyl (C=O) groups is 2. The van der Waals surface area contributed by atoms with Crippen molar-refractivity contribution in [3.63, 3.8) is 0 Å². The Morgan fingerprint density at radius 3 is 2.58 bits per heavy atom. The summed E-state index contributed by atoms with van der Waals surface area (Å²) in [5.41, 5.74) is 0.384. The van der Waals surface area contributed by atoms with E-state index in [-0.39, 0.29) is 17.7 Å². The molecule has 2 N–H and O–H groups in total. The van der Waals surface area contributed by atoms with Crippen LogP contribution in [0.1, 0.15) is 36.5 Å². The highest BCUT2D eigenvalue weighted by Gasteiger charge is 2.29. The normalized spacial score (nSPS) is 13.3. The van der Waals surface area contributed by atoms with Crippen LogP contribution in [0.25, 0.3) is 0 Å². The summed E-state index contributed by atoms with van der Waals surface area (Å²) < 4.78 is 10.8. The van der Waals surface area contributed by atoms with Gasteiger partial charge in [0.05, 0.1) is 18.7 Å². The fourth-order valence-corrected chi connectivity index (χ4v) is 2.41. The van der Waals surface area contributed by atoms with Gasteiger partial charge in [-0.2, -0.15) is 0 Å². The maximum atomic E-state index is 12.2. The summed E-state index contributed by atoms with van der Waals surface area (Å²) in [5, 5.41) is 5.87. The predicted molar refractivity (Wildman–Crippen MR) is 91.9 cm³/mol. The van der Waals surface area contributed by atoms with Crippen molar-refractivity contribution >= 4 is 23.4 Å². The molecule has 1 fully saturated rings. The van der Waals surface area contributed by atoms with Crippen molar-refractivity contribution in [2.45, 2.75) is 26.2 Å². The second kappa shape index (κ2) is 8.78. The summed E-state index contributed by atoms with van der Waals surface area (Å²) in [4.78, 5) is 23.7. The number of carbonyl (C=O) groups excluding carboxylic acids is 2. The third-order valence-electron chi connectivity index (χ3n) is 3.60. The van der Waals surface area contributed by atoms with E-state index in [1.165, 1.54) is 7.11 Å². The van der Waals surface area contributed by atoms with E-state index in [0.717, 1.165) is 19.3 Å². The van der Waals surface area contributed by atoms with Gasteiger partial charge in [0, 0.05) is 24.6 Å². The second-order valence-electron chi connectivity index (χ2n) is 5.66. The van der Waals surface area contributed by atoms with Crippen LogP contribution in [0.3, 0.4) is 0 Å². The third-order valence-corrected chi connectivity index (χ3v) is 3.88. The van der Waals surface area contributed by atoms with Gasteiger partial charge in [0.25, 0.3) is 5.91 Å². The molecule has 0 radical (unpaired) electrons. The molecule has 0 aromatic heterocycles. The van der Waals surface area contributed by atoms with Crippen LogP contribution in [0.2, 0.25) is 5.02 Å². The van der Waals surface area contributed by atoms with Gasteiger partial charge in [-0.05, 0) is 31.4 Å². The van der Waals surface area contributed by atoms with Crippen molar-refractivity contribution in [2.75, 3.05) is 26.8 Å². The summed E-state index contributed by atoms with van der Waals surface area (Å²) in [6.45, 7) is 3.27. The first kappa shape index (κ1) is 18.4. The summed E-state index contributed by atoms with van der Waals surface area (Å²) in [6.07, 6.45) is 2.76. The van der Waals surface area contributed by atoms with Gasteiger partial charge in [0.2, 0.25) is 5.91 Å². The number of ether oxygens (including phenoxy) is 2. The van der Waals surface area contributed by atoms with Crippen LogP contribution in [0.4, 0.5) is 0 Å². The Balaban J connectivity index is 1.90. The molecule has 0 heterocycles. The van der Waals surface area contributed by atoms with Gasteiger partial charge in [-0.3, -0.25) is 9.59 Å². The van der Waals surface area contributed by atoms with Crippen LogP contribution in [-0.4, -0.2) is 38.6 Å². The highest BCUT2D eigenvalue weighted by atomic mass is 35.5. The minimum absolute atomic E-state index is 0.0615. The first-order valence-corrected chi connectivity index (χ1v) is 8.50. The van der Waals surface area contributed by atoms with Crippen LogP contribution in [0, 0.1) is 5.92 Å². The van der Waals surface area contributed by atoms with Crippen molar-refractivity contribution in [1.29, 1.82) is 0 Å². The zero-order chi connectivity index (χ0) is 17.5. The molecule has 7 heteroatoms. The van der Waals surface area contributed by atoms with Crippen molar-refractivity contribution in [1.82, 2.24) is 10.6 Å². The smallest absolute Gasteiger partial charge is 0.251 e. The quantitative estimate of drug-likeness (QED) is 0.667. The molecule has 0 unspecified atom stereocenters. The molecule has 1 aliphatic carbocycles. The summed E-state index contributed by atoms with van der Waals surface area (Å²) in [5.74, 6) is 0.807. The van der Waals surface area contributed by atoms with E-state index in [9.17, 15) is 9.59 Å². The monoisotopic (exact) mass is 354 g/mol. The fourth-order valence-electron chi connectivity index (χ4n) is 2.15. The van der Waals surface area contributed by atoms with E-state index in [4.69, 9.17) is 21.1 Å². The summed E-state index contributed by atoms with van der Waals surface area (Å²) in [7, 11) is 1.50. The number of rotatable bonds is 9. The molecule has 1 aromatic rings. The van der Waals surface area contributed by atoms with E-state index >= 15 is 0 Å². The maximum Gasteiger partial charge on any atom is 0.251 e. The molecule has 0 spiro atoms. The van der Waals surface area contributed by atoms with Gasteiger partial charge < -0.3 is 20.1 Å². The number of hydrogen-bond donors (Lipinski definition) is 2. The van der Waals surface area contributed by atoms with Crippen molar-refractivity contribution in [3.05, 3.63) is 22.7 Å². The highest BCUT2D eigenvalue weighted by molar-refractivity contribution is 6.32. The standard InChI is InChI=1S/C17H23ClN2O4/c1-3-8-24-15-13(18)9-12(10-14(15)23-2)17(22)20-7-6-19-16(21)11-4-5-11/h9-11H,3-8H2,1-2H3,(H,19,21)(H,20,22). The first-order chi connectivity index (χ1) is 11.6. The lowest BCUT2D eigenvalue weighted by atomic mass is 10.2. The minimum Gasteiger partial charge on any atom is -0.493 e. The van der Waals surface area contributed by atoms with Crippen LogP contribution < -0.4 is 20.1 Å². The second-order valence-corrected chi connectivity index (χ2v) is 6.07. The van der Waals surface area contributed by atoms with Gasteiger partial charge in [0.15, 0.2) is 11.5 Å². The molecule has 1 aliphatic rings. The number of amides is 2. The van der Waals surface area contributed by atoms with E-state index < -0.39 is 0 Å². The zero-order valence-corrected chi connectivity index (χ0v) is 14.7. The molecule has 132 valence electrons. The molecule has 0 bridgehead atoms. The molecular weight excluding hydrogens is 332 g/mol. The Bertz CT molecular complexity index is 602. The Morgan fingerprint density at radius 2 is 1.96 bits per heavy atom. The van der Waals surface area contributed by atoms with E-state index in [0.29, 0.717) is 41.8 Å². The average Bonchev–Trinajstić information content (AvgIpc) is 3.41. The van der Waals surface area contributed by atoms with E-state index in [1.54, 1.807) is 12.1 Å². The fraction of sp³-hybridized carbons (Fsp3) is 0.529. The van der Waals surface area contributed by atoms with Crippen molar-refractivity contribution in [2.24, 2.45) is 5.92 Å². The Kier molecular flexibility index (Phi) is 6.73. The van der Waals surface area contributed by atoms with Crippen LogP contribution in [0.5, 0.6) is 11.5 Å². The lowest BCUT2D eigenvalue weighted by molar-refractivity contribution is -0.122. The van der Waals surface area contributed by atoms with Gasteiger partial charge in [0.1, 0.15) is 0 Å². The summed E-state index contributed by atoms with van der Waals surface area (Å²) >= 11 is 6.20. The lowest BCUT2D eigenvalue weighted by Gasteiger charge is -2.14. The number of halogens is 1. The number of hydrogen-bond acceptors (Lipinski definition) is 4. The molecule has 0 atom stereocenters. The molecule has 6 nitrogen and oxygen atoms in total. The van der Waals surface area contributed by atoms with Crippen LogP contribution >= 0.6 is 11.6 Å². The maximum absolute atomic E-state index is 12.2. The average molecular weight is 355 g/mol. The van der Waals surface area contributed by atoms with Gasteiger partial charge in [-0.1, -0.05) is 18.5 Å². The van der Waals surface area contributed by atoms with E-state index in [2.05, 4.69) is 10.6 Å². The highest BCUT2D eigenvalue weighted by Crippen LogP contribution is 2.36. The Morgan fingerprint density at radius 1 is 1.25 bits per heavy atom. The Hall–Kier alpha value is -1.95. The molecule has 0 saturated heterocycles. The molecule has 2 rings (SSSR count). The first-order valence-electron chi connectivity index (χ1n) is 8.13. The number of benzene rings is 1. The molecule has 24 heavy (non-hydrogen) atoms. The molecule has 0 aliphatic heterocycles.